The van der Waals surface area contributed by atoms with E-state index in [-0.39, 0.29) is 12.4 Å². The summed E-state index contributed by atoms with van der Waals surface area (Å²) in [4.78, 5) is 2.00. The van der Waals surface area contributed by atoms with Crippen LogP contribution < -0.4 is 22.6 Å². The molecule has 1 heterocycles. The summed E-state index contributed by atoms with van der Waals surface area (Å²) in [5.41, 5.74) is 0.0995. The third kappa shape index (κ3) is 3.51. The van der Waals surface area contributed by atoms with Gasteiger partial charge in [-0.25, -0.2) is 0 Å². The fourth-order valence-electron chi connectivity index (χ4n) is 1.89. The van der Waals surface area contributed by atoms with Crippen LogP contribution in [0.25, 0.3) is 0 Å². The van der Waals surface area contributed by atoms with Crippen molar-refractivity contribution in [1.29, 1.82) is 0 Å². The van der Waals surface area contributed by atoms with E-state index < -0.39 is 11.7 Å². The molecule has 0 aliphatic carbocycles. The molecule has 0 saturated carbocycles. The lowest BCUT2D eigenvalue weighted by Gasteiger charge is -2.27. The van der Waals surface area contributed by atoms with Crippen LogP contribution in [0.15, 0.2) is 24.3 Å². The van der Waals surface area contributed by atoms with Gasteiger partial charge in [-0.15, -0.1) is 0 Å². The van der Waals surface area contributed by atoms with Crippen LogP contribution in [0, 0.1) is 0 Å². The van der Waals surface area contributed by atoms with Crippen molar-refractivity contribution in [3.8, 4) is 0 Å². The van der Waals surface area contributed by atoms with E-state index >= 15 is 0 Å². The third-order valence-corrected chi connectivity index (χ3v) is 2.74. The Kier molecular flexibility index (Phi) is 4.65. The Hall–Kier alpha value is -0.940. The van der Waals surface area contributed by atoms with Gasteiger partial charge in [0.15, 0.2) is 0 Å². The van der Waals surface area contributed by atoms with Crippen molar-refractivity contribution in [3.05, 3.63) is 29.8 Å². The number of alkyl halides is 3. The largest absolute Gasteiger partial charge is 1.00 e. The highest BCUT2D eigenvalue weighted by Gasteiger charge is 2.30. The van der Waals surface area contributed by atoms with E-state index in [9.17, 15) is 13.2 Å². The number of anilines is 1. The summed E-state index contributed by atoms with van der Waals surface area (Å²) in [5.74, 6) is 0. The molecular weight excluding hydrogens is 253 g/mol. The average Bonchev–Trinajstić information content (AvgIpc) is 2.29. The Bertz CT molecular complexity index is 362. The second-order valence-electron chi connectivity index (χ2n) is 3.90. The Morgan fingerprint density at radius 3 is 2.35 bits per heavy atom. The van der Waals surface area contributed by atoms with Crippen molar-refractivity contribution in [2.75, 3.05) is 31.1 Å². The molecule has 1 saturated heterocycles. The molecule has 1 aliphatic heterocycles. The lowest BCUT2D eigenvalue weighted by Crippen LogP contribution is -3.00. The molecular formula is C11H14ClF3N2. The molecule has 0 spiro atoms. The fourth-order valence-corrected chi connectivity index (χ4v) is 1.89. The SMILES string of the molecule is FC(F)(F)c1cccc(N2CC[NH2+]CC2)c1.[Cl-]. The lowest BCUT2D eigenvalue weighted by atomic mass is 10.1. The molecule has 1 aliphatic rings. The third-order valence-electron chi connectivity index (χ3n) is 2.74. The highest BCUT2D eigenvalue weighted by Crippen LogP contribution is 2.31. The summed E-state index contributed by atoms with van der Waals surface area (Å²) in [7, 11) is 0. The molecule has 2 N–H and O–H groups in total. The van der Waals surface area contributed by atoms with Crippen molar-refractivity contribution in [2.24, 2.45) is 0 Å². The van der Waals surface area contributed by atoms with Crippen LogP contribution in [0.2, 0.25) is 0 Å². The summed E-state index contributed by atoms with van der Waals surface area (Å²) in [6, 6.07) is 5.54. The smallest absolute Gasteiger partial charge is 0.416 e. The number of halogens is 4. The van der Waals surface area contributed by atoms with Crippen LogP contribution in [-0.4, -0.2) is 26.2 Å². The van der Waals surface area contributed by atoms with Gasteiger partial charge in [0.05, 0.1) is 31.7 Å². The monoisotopic (exact) mass is 266 g/mol. The van der Waals surface area contributed by atoms with Gasteiger partial charge in [0, 0.05) is 5.69 Å². The number of quaternary nitrogens is 1. The second-order valence-corrected chi connectivity index (χ2v) is 3.90. The maximum Gasteiger partial charge on any atom is 0.416 e. The Balaban J connectivity index is 0.00000144. The van der Waals surface area contributed by atoms with Gasteiger partial charge in [-0.3, -0.25) is 0 Å². The molecule has 0 atom stereocenters. The van der Waals surface area contributed by atoms with Gasteiger partial charge >= 0.3 is 6.18 Å². The minimum absolute atomic E-state index is 0. The van der Waals surface area contributed by atoms with E-state index in [1.165, 1.54) is 12.1 Å². The standard InChI is InChI=1S/C11H13F3N2.ClH/c12-11(13,14)9-2-1-3-10(8-9)16-6-4-15-5-7-16;/h1-3,8,15H,4-7H2;1H. The number of nitrogens with two attached hydrogens (primary N) is 1. The van der Waals surface area contributed by atoms with Crippen LogP contribution in [-0.2, 0) is 6.18 Å². The van der Waals surface area contributed by atoms with Crippen LogP contribution in [0.4, 0.5) is 18.9 Å². The van der Waals surface area contributed by atoms with Crippen molar-refractivity contribution >= 4 is 5.69 Å². The fraction of sp³-hybridized carbons (Fsp3) is 0.455. The molecule has 1 aromatic carbocycles. The van der Waals surface area contributed by atoms with Crippen molar-refractivity contribution in [3.63, 3.8) is 0 Å². The Labute approximate surface area is 104 Å². The number of hydrogen-bond donors (Lipinski definition) is 1. The van der Waals surface area contributed by atoms with Gasteiger partial charge in [0.25, 0.3) is 0 Å². The molecule has 2 nitrogen and oxygen atoms in total. The Morgan fingerprint density at radius 2 is 1.76 bits per heavy atom. The van der Waals surface area contributed by atoms with E-state index in [1.807, 2.05) is 4.90 Å². The first-order valence-electron chi connectivity index (χ1n) is 5.31. The quantitative estimate of drug-likeness (QED) is 0.629. The first-order valence-corrected chi connectivity index (χ1v) is 5.31. The molecule has 96 valence electrons. The number of benzene rings is 1. The van der Waals surface area contributed by atoms with Gasteiger partial charge in [-0.2, -0.15) is 13.2 Å². The lowest BCUT2D eigenvalue weighted by molar-refractivity contribution is -0.655. The summed E-state index contributed by atoms with van der Waals surface area (Å²) in [5, 5.41) is 2.17. The van der Waals surface area contributed by atoms with Crippen molar-refractivity contribution in [2.45, 2.75) is 6.18 Å². The predicted molar refractivity (Wildman–Crippen MR) is 55.3 cm³/mol. The molecule has 0 unspecified atom stereocenters. The highest BCUT2D eigenvalue weighted by atomic mass is 35.5. The molecule has 0 aromatic heterocycles. The molecule has 0 bridgehead atoms. The summed E-state index contributed by atoms with van der Waals surface area (Å²) < 4.78 is 37.5. The maximum absolute atomic E-state index is 12.5. The first kappa shape index (κ1) is 14.1. The van der Waals surface area contributed by atoms with E-state index in [0.29, 0.717) is 5.69 Å². The Morgan fingerprint density at radius 1 is 1.12 bits per heavy atom. The predicted octanol–water partition coefficient (Wildman–Crippen LogP) is -1.91. The van der Waals surface area contributed by atoms with Gasteiger partial charge in [0.1, 0.15) is 0 Å². The van der Waals surface area contributed by atoms with E-state index in [4.69, 9.17) is 0 Å². The molecule has 2 rings (SSSR count). The summed E-state index contributed by atoms with van der Waals surface area (Å²) >= 11 is 0. The normalized spacial score (nSPS) is 16.5. The zero-order valence-corrected chi connectivity index (χ0v) is 9.93. The summed E-state index contributed by atoms with van der Waals surface area (Å²) in [6.45, 7) is 3.50. The van der Waals surface area contributed by atoms with Crippen LogP contribution in [0.1, 0.15) is 5.56 Å². The zero-order valence-electron chi connectivity index (χ0n) is 9.17. The van der Waals surface area contributed by atoms with Gasteiger partial charge in [0.2, 0.25) is 0 Å². The molecule has 17 heavy (non-hydrogen) atoms. The molecule has 1 fully saturated rings. The highest BCUT2D eigenvalue weighted by molar-refractivity contribution is 5.49. The number of piperazine rings is 1. The van der Waals surface area contributed by atoms with Crippen molar-refractivity contribution < 1.29 is 30.9 Å². The molecule has 6 heteroatoms. The second kappa shape index (κ2) is 5.60. The zero-order chi connectivity index (χ0) is 11.6. The summed E-state index contributed by atoms with van der Waals surface area (Å²) in [6.07, 6.45) is -4.25. The average molecular weight is 267 g/mol. The van der Waals surface area contributed by atoms with Crippen LogP contribution >= 0.6 is 0 Å². The number of rotatable bonds is 1. The maximum atomic E-state index is 12.5. The van der Waals surface area contributed by atoms with E-state index in [0.717, 1.165) is 32.2 Å². The molecule has 1 aromatic rings. The van der Waals surface area contributed by atoms with Gasteiger partial charge in [-0.05, 0) is 18.2 Å². The van der Waals surface area contributed by atoms with Gasteiger partial charge < -0.3 is 22.6 Å². The van der Waals surface area contributed by atoms with Crippen molar-refractivity contribution in [1.82, 2.24) is 0 Å². The minimum atomic E-state index is -4.25. The number of nitrogens with zero attached hydrogens (tertiary/aromatic N) is 1. The molecule has 0 amide bonds. The van der Waals surface area contributed by atoms with E-state index in [1.54, 1.807) is 6.07 Å². The van der Waals surface area contributed by atoms with Crippen LogP contribution in [0.5, 0.6) is 0 Å². The number of hydrogen-bond acceptors (Lipinski definition) is 1. The topological polar surface area (TPSA) is 19.9 Å². The van der Waals surface area contributed by atoms with Gasteiger partial charge in [-0.1, -0.05) is 6.07 Å². The molecule has 0 radical (unpaired) electrons. The van der Waals surface area contributed by atoms with E-state index in [2.05, 4.69) is 5.32 Å². The first-order chi connectivity index (χ1) is 7.57. The van der Waals surface area contributed by atoms with Crippen LogP contribution in [0.3, 0.4) is 0 Å². The minimum Gasteiger partial charge on any atom is -1.00 e.